The highest BCUT2D eigenvalue weighted by atomic mass is 35.5. The predicted molar refractivity (Wildman–Crippen MR) is 61.6 cm³/mol. The number of fused-ring (bicyclic) bond motifs is 1. The van der Waals surface area contributed by atoms with Crippen LogP contribution in [0.25, 0.3) is 10.9 Å². The van der Waals surface area contributed by atoms with Gasteiger partial charge in [-0.25, -0.2) is 9.97 Å². The molecule has 78 valence electrons. The van der Waals surface area contributed by atoms with Crippen LogP contribution in [0, 0.1) is 0 Å². The normalized spacial score (nSPS) is 13.0. The van der Waals surface area contributed by atoms with Crippen LogP contribution in [0.4, 0.5) is 5.82 Å². The number of nitrogens with zero attached hydrogens (tertiary/aromatic N) is 2. The molecule has 0 fully saturated rings. The van der Waals surface area contributed by atoms with Crippen LogP contribution >= 0.6 is 11.6 Å². The third-order valence-electron chi connectivity index (χ3n) is 2.13. The van der Waals surface area contributed by atoms with E-state index in [9.17, 15) is 0 Å². The zero-order valence-electron chi connectivity index (χ0n) is 8.24. The molecule has 1 unspecified atom stereocenters. The first-order valence-corrected chi connectivity index (χ1v) is 4.94. The summed E-state index contributed by atoms with van der Waals surface area (Å²) in [4.78, 5) is 8.41. The lowest BCUT2D eigenvalue weighted by atomic mass is 10.2. The van der Waals surface area contributed by atoms with Crippen LogP contribution in [0.2, 0.25) is 5.02 Å². The van der Waals surface area contributed by atoms with Gasteiger partial charge in [-0.1, -0.05) is 17.7 Å². The van der Waals surface area contributed by atoms with Gasteiger partial charge in [0.05, 0.1) is 16.6 Å². The van der Waals surface area contributed by atoms with E-state index in [1.807, 2.05) is 12.1 Å². The summed E-state index contributed by atoms with van der Waals surface area (Å²) in [7, 11) is 0. The van der Waals surface area contributed by atoms with Crippen LogP contribution in [0.3, 0.4) is 0 Å². The Hall–Kier alpha value is -1.39. The molecular formula is C10H11ClN4. The van der Waals surface area contributed by atoms with E-state index in [-0.39, 0.29) is 6.04 Å². The first-order valence-electron chi connectivity index (χ1n) is 4.57. The second-order valence-electron chi connectivity index (χ2n) is 3.39. The lowest BCUT2D eigenvalue weighted by molar-refractivity contribution is 0.748. The summed E-state index contributed by atoms with van der Waals surface area (Å²) in [5, 5.41) is 1.32. The molecule has 4 N–H and O–H groups in total. The summed E-state index contributed by atoms with van der Waals surface area (Å²) in [6.07, 6.45) is 0. The van der Waals surface area contributed by atoms with Gasteiger partial charge in [-0.2, -0.15) is 0 Å². The molecule has 0 saturated carbocycles. The molecule has 1 atom stereocenters. The molecule has 5 heteroatoms. The third-order valence-corrected chi connectivity index (χ3v) is 2.44. The molecule has 0 amide bonds. The van der Waals surface area contributed by atoms with Crippen molar-refractivity contribution in [2.75, 3.05) is 5.73 Å². The van der Waals surface area contributed by atoms with Crippen LogP contribution in [-0.4, -0.2) is 9.97 Å². The van der Waals surface area contributed by atoms with Gasteiger partial charge >= 0.3 is 0 Å². The average Bonchev–Trinajstić information content (AvgIpc) is 2.19. The monoisotopic (exact) mass is 222 g/mol. The van der Waals surface area contributed by atoms with Crippen LogP contribution in [0.1, 0.15) is 18.8 Å². The summed E-state index contributed by atoms with van der Waals surface area (Å²) >= 11 is 6.02. The van der Waals surface area contributed by atoms with Gasteiger partial charge in [-0.3, -0.25) is 0 Å². The van der Waals surface area contributed by atoms with Crippen molar-refractivity contribution in [3.8, 4) is 0 Å². The highest BCUT2D eigenvalue weighted by Crippen LogP contribution is 2.25. The number of hydrogen-bond acceptors (Lipinski definition) is 4. The lowest BCUT2D eigenvalue weighted by Gasteiger charge is -2.08. The number of nitrogens with two attached hydrogens (primary N) is 2. The molecule has 1 aromatic heterocycles. The minimum atomic E-state index is -0.257. The predicted octanol–water partition coefficient (Wildman–Crippen LogP) is 1.89. The van der Waals surface area contributed by atoms with Crippen molar-refractivity contribution < 1.29 is 0 Å². The smallest absolute Gasteiger partial charge is 0.147 e. The molecule has 4 nitrogen and oxygen atoms in total. The molecular weight excluding hydrogens is 212 g/mol. The summed E-state index contributed by atoms with van der Waals surface area (Å²) in [5.74, 6) is 0.919. The zero-order chi connectivity index (χ0) is 11.0. The van der Waals surface area contributed by atoms with Crippen molar-refractivity contribution in [1.29, 1.82) is 0 Å². The molecule has 0 saturated heterocycles. The average molecular weight is 223 g/mol. The quantitative estimate of drug-likeness (QED) is 0.773. The molecule has 0 aliphatic rings. The van der Waals surface area contributed by atoms with E-state index in [2.05, 4.69) is 9.97 Å². The van der Waals surface area contributed by atoms with Crippen molar-refractivity contribution >= 4 is 28.3 Å². The fraction of sp³-hybridized carbons (Fsp3) is 0.200. The number of nitrogen functional groups attached to an aromatic ring is 1. The second-order valence-corrected chi connectivity index (χ2v) is 3.80. The van der Waals surface area contributed by atoms with E-state index < -0.39 is 0 Å². The van der Waals surface area contributed by atoms with Crippen LogP contribution < -0.4 is 11.5 Å². The maximum Gasteiger partial charge on any atom is 0.147 e. The Morgan fingerprint density at radius 3 is 2.73 bits per heavy atom. The fourth-order valence-electron chi connectivity index (χ4n) is 1.36. The van der Waals surface area contributed by atoms with Gasteiger partial charge in [-0.15, -0.1) is 0 Å². The molecule has 2 rings (SSSR count). The van der Waals surface area contributed by atoms with Gasteiger partial charge in [-0.05, 0) is 19.1 Å². The summed E-state index contributed by atoms with van der Waals surface area (Å²) < 4.78 is 0. The molecule has 15 heavy (non-hydrogen) atoms. The second kappa shape index (κ2) is 3.64. The van der Waals surface area contributed by atoms with Crippen molar-refractivity contribution in [1.82, 2.24) is 9.97 Å². The number of halogens is 1. The number of hydrogen-bond donors (Lipinski definition) is 2. The Bertz CT molecular complexity index is 510. The first kappa shape index (κ1) is 10.1. The third kappa shape index (κ3) is 1.73. The molecule has 0 radical (unpaired) electrons. The van der Waals surface area contributed by atoms with Gasteiger partial charge in [0.25, 0.3) is 0 Å². The minimum absolute atomic E-state index is 0.257. The van der Waals surface area contributed by atoms with E-state index in [1.165, 1.54) is 0 Å². The summed E-state index contributed by atoms with van der Waals surface area (Å²) in [5.41, 5.74) is 12.2. The summed E-state index contributed by atoms with van der Waals surface area (Å²) in [6, 6.07) is 5.16. The fourth-order valence-corrected chi connectivity index (χ4v) is 1.58. The van der Waals surface area contributed by atoms with E-state index in [1.54, 1.807) is 13.0 Å². The standard InChI is InChI=1S/C10H11ClN4/c1-5(12)10-14-8-6(9(13)15-10)3-2-4-7(8)11/h2-5H,12H2,1H3,(H2,13,14,15). The molecule has 1 heterocycles. The number of rotatable bonds is 1. The number of anilines is 1. The molecule has 0 aliphatic carbocycles. The molecule has 0 aliphatic heterocycles. The highest BCUT2D eigenvalue weighted by molar-refractivity contribution is 6.35. The van der Waals surface area contributed by atoms with E-state index >= 15 is 0 Å². The van der Waals surface area contributed by atoms with Crippen LogP contribution in [0.15, 0.2) is 18.2 Å². The van der Waals surface area contributed by atoms with Gasteiger partial charge < -0.3 is 11.5 Å². The van der Waals surface area contributed by atoms with Gasteiger partial charge in [0.15, 0.2) is 0 Å². The van der Waals surface area contributed by atoms with E-state index in [4.69, 9.17) is 23.1 Å². The Kier molecular flexibility index (Phi) is 2.46. The van der Waals surface area contributed by atoms with Gasteiger partial charge in [0.1, 0.15) is 11.6 Å². The van der Waals surface area contributed by atoms with E-state index in [0.29, 0.717) is 22.2 Å². The lowest BCUT2D eigenvalue weighted by Crippen LogP contribution is -2.11. The van der Waals surface area contributed by atoms with Crippen molar-refractivity contribution in [3.05, 3.63) is 29.0 Å². The van der Waals surface area contributed by atoms with Crippen molar-refractivity contribution in [2.24, 2.45) is 5.73 Å². The van der Waals surface area contributed by atoms with Crippen molar-refractivity contribution in [3.63, 3.8) is 0 Å². The number of aromatic nitrogens is 2. The number of para-hydroxylation sites is 1. The molecule has 1 aromatic carbocycles. The number of benzene rings is 1. The Morgan fingerprint density at radius 1 is 1.33 bits per heavy atom. The zero-order valence-corrected chi connectivity index (χ0v) is 8.99. The van der Waals surface area contributed by atoms with Gasteiger partial charge in [0, 0.05) is 5.39 Å². The molecule has 0 spiro atoms. The maximum atomic E-state index is 6.02. The Balaban J connectivity index is 2.80. The Labute approximate surface area is 92.3 Å². The molecule has 0 bridgehead atoms. The van der Waals surface area contributed by atoms with Gasteiger partial charge in [0.2, 0.25) is 0 Å². The SMILES string of the molecule is CC(N)c1nc(N)c2cccc(Cl)c2n1. The molecule has 2 aromatic rings. The van der Waals surface area contributed by atoms with E-state index in [0.717, 1.165) is 5.39 Å². The largest absolute Gasteiger partial charge is 0.383 e. The highest BCUT2D eigenvalue weighted by Gasteiger charge is 2.10. The van der Waals surface area contributed by atoms with Crippen LogP contribution in [-0.2, 0) is 0 Å². The van der Waals surface area contributed by atoms with Crippen LogP contribution in [0.5, 0.6) is 0 Å². The maximum absolute atomic E-state index is 6.02. The topological polar surface area (TPSA) is 77.8 Å². The summed E-state index contributed by atoms with van der Waals surface area (Å²) in [6.45, 7) is 1.80. The minimum Gasteiger partial charge on any atom is -0.383 e. The first-order chi connectivity index (χ1) is 7.09. The van der Waals surface area contributed by atoms with Crippen molar-refractivity contribution in [2.45, 2.75) is 13.0 Å². The Morgan fingerprint density at radius 2 is 2.07 bits per heavy atom.